The minimum Gasteiger partial charge on any atom is -0.460 e. The normalized spacial score (nSPS) is 36.6. The van der Waals surface area contributed by atoms with Crippen molar-refractivity contribution in [3.05, 3.63) is 0 Å². The number of alkyl halides is 4. The van der Waals surface area contributed by atoms with E-state index in [-0.39, 0.29) is 17.9 Å². The second-order valence-corrected chi connectivity index (χ2v) is 9.58. The van der Waals surface area contributed by atoms with Crippen LogP contribution in [0.5, 0.6) is 0 Å². The molecule has 2 fully saturated rings. The smallest absolute Gasteiger partial charge is 0.330 e. The molecule has 4 atom stereocenters. The SMILES string of the molecule is CC1(CBr)SC2C(N)C(=O)N2C1C(=O)OCC(Cl)(Cl)Cl. The van der Waals surface area contributed by atoms with Gasteiger partial charge in [-0.1, -0.05) is 50.7 Å². The quantitative estimate of drug-likeness (QED) is 0.422. The van der Waals surface area contributed by atoms with Gasteiger partial charge in [-0.15, -0.1) is 11.8 Å². The molecule has 2 aliphatic heterocycles. The third-order valence-electron chi connectivity index (χ3n) is 3.23. The lowest BCUT2D eigenvalue weighted by Gasteiger charge is -2.42. The van der Waals surface area contributed by atoms with E-state index < -0.39 is 26.6 Å². The van der Waals surface area contributed by atoms with Gasteiger partial charge in [-0.3, -0.25) is 4.79 Å². The van der Waals surface area contributed by atoms with Crippen LogP contribution in [-0.4, -0.2) is 54.7 Å². The Labute approximate surface area is 143 Å². The fourth-order valence-electron chi connectivity index (χ4n) is 2.25. The number of nitrogens with two attached hydrogens (primary N) is 1. The number of esters is 1. The maximum atomic E-state index is 12.2. The van der Waals surface area contributed by atoms with Crippen molar-refractivity contribution in [3.8, 4) is 0 Å². The topological polar surface area (TPSA) is 72.6 Å². The molecule has 0 aromatic rings. The summed E-state index contributed by atoms with van der Waals surface area (Å²) in [5.74, 6) is -0.850. The van der Waals surface area contributed by atoms with Crippen LogP contribution < -0.4 is 5.73 Å². The van der Waals surface area contributed by atoms with E-state index in [9.17, 15) is 9.59 Å². The van der Waals surface area contributed by atoms with Gasteiger partial charge in [-0.05, 0) is 6.92 Å². The molecule has 114 valence electrons. The summed E-state index contributed by atoms with van der Waals surface area (Å²) in [6, 6.07) is -1.32. The van der Waals surface area contributed by atoms with Crippen molar-refractivity contribution in [1.82, 2.24) is 4.90 Å². The molecule has 0 aliphatic carbocycles. The van der Waals surface area contributed by atoms with E-state index in [0.29, 0.717) is 5.33 Å². The van der Waals surface area contributed by atoms with Crippen LogP contribution in [0.2, 0.25) is 0 Å². The van der Waals surface area contributed by atoms with Gasteiger partial charge in [-0.25, -0.2) is 4.79 Å². The minimum atomic E-state index is -1.68. The second-order valence-electron chi connectivity index (χ2n) is 4.85. The predicted octanol–water partition coefficient (Wildman–Crippen LogP) is 1.66. The Kier molecular flexibility index (Phi) is 4.80. The van der Waals surface area contributed by atoms with Gasteiger partial charge in [-0.2, -0.15) is 0 Å². The van der Waals surface area contributed by atoms with Crippen molar-refractivity contribution in [1.29, 1.82) is 0 Å². The molecule has 2 heterocycles. The molecule has 0 spiro atoms. The van der Waals surface area contributed by atoms with Gasteiger partial charge in [0.15, 0.2) is 0 Å². The van der Waals surface area contributed by atoms with Crippen molar-refractivity contribution in [3.63, 3.8) is 0 Å². The second kappa shape index (κ2) is 5.66. The van der Waals surface area contributed by atoms with Crippen LogP contribution in [0.4, 0.5) is 0 Å². The summed E-state index contributed by atoms with van der Waals surface area (Å²) in [6.45, 7) is 1.50. The standard InChI is InChI=1S/C10H12BrCl3N2O3S/c1-9(2-11)5(8(18)19-3-10(12,13)14)16-6(17)4(15)7(16)20-9/h4-5,7H,2-3,15H2,1H3. The molecule has 10 heteroatoms. The number of β-lactam (4-membered cyclic amide) rings is 1. The zero-order chi connectivity index (χ0) is 15.3. The van der Waals surface area contributed by atoms with Gasteiger partial charge >= 0.3 is 5.97 Å². The molecule has 5 nitrogen and oxygen atoms in total. The first-order valence-electron chi connectivity index (χ1n) is 5.65. The van der Waals surface area contributed by atoms with E-state index in [2.05, 4.69) is 15.9 Å². The van der Waals surface area contributed by atoms with E-state index in [1.807, 2.05) is 6.92 Å². The first kappa shape index (κ1) is 17.0. The Morgan fingerprint density at radius 1 is 1.60 bits per heavy atom. The van der Waals surface area contributed by atoms with Crippen molar-refractivity contribution < 1.29 is 14.3 Å². The molecule has 0 radical (unpaired) electrons. The third kappa shape index (κ3) is 2.90. The van der Waals surface area contributed by atoms with Gasteiger partial charge in [0.05, 0.1) is 4.75 Å². The van der Waals surface area contributed by atoms with E-state index in [0.717, 1.165) is 0 Å². The Morgan fingerprint density at radius 2 is 2.20 bits per heavy atom. The maximum absolute atomic E-state index is 12.2. The predicted molar refractivity (Wildman–Crippen MR) is 83.4 cm³/mol. The molecule has 2 N–H and O–H groups in total. The minimum absolute atomic E-state index is 0.213. The molecule has 0 saturated carbocycles. The Balaban J connectivity index is 2.15. The van der Waals surface area contributed by atoms with Crippen molar-refractivity contribution in [2.24, 2.45) is 5.73 Å². The number of hydrogen-bond donors (Lipinski definition) is 1. The average Bonchev–Trinajstić information content (AvgIpc) is 2.66. The molecule has 1 amide bonds. The number of rotatable bonds is 3. The zero-order valence-electron chi connectivity index (χ0n) is 10.3. The molecule has 0 aromatic heterocycles. The number of ether oxygens (including phenoxy) is 1. The highest BCUT2D eigenvalue weighted by Crippen LogP contribution is 2.51. The summed E-state index contributed by atoms with van der Waals surface area (Å²) in [5.41, 5.74) is 5.75. The molecular weight excluding hydrogens is 414 g/mol. The average molecular weight is 427 g/mol. The lowest BCUT2D eigenvalue weighted by atomic mass is 9.96. The molecule has 20 heavy (non-hydrogen) atoms. The number of thioether (sulfide) groups is 1. The van der Waals surface area contributed by atoms with Crippen LogP contribution in [0.3, 0.4) is 0 Å². The van der Waals surface area contributed by atoms with E-state index in [1.165, 1.54) is 16.7 Å². The molecule has 0 aromatic carbocycles. The summed E-state index contributed by atoms with van der Waals surface area (Å²) in [4.78, 5) is 25.5. The number of carbonyl (C=O) groups is 2. The van der Waals surface area contributed by atoms with Gasteiger partial charge in [0, 0.05) is 5.33 Å². The number of fused-ring (bicyclic) bond motifs is 1. The molecule has 2 rings (SSSR count). The summed E-state index contributed by atoms with van der Waals surface area (Å²) in [5, 5.41) is 0.293. The van der Waals surface area contributed by atoms with Crippen LogP contribution in [0.15, 0.2) is 0 Å². The molecule has 4 unspecified atom stereocenters. The highest BCUT2D eigenvalue weighted by atomic mass is 79.9. The van der Waals surface area contributed by atoms with Crippen molar-refractivity contribution >= 4 is 74.4 Å². The summed E-state index contributed by atoms with van der Waals surface area (Å²) in [6.07, 6.45) is 0. The van der Waals surface area contributed by atoms with Crippen LogP contribution in [-0.2, 0) is 14.3 Å². The molecule has 0 bridgehead atoms. The zero-order valence-corrected chi connectivity index (χ0v) is 15.0. The number of hydrogen-bond acceptors (Lipinski definition) is 5. The van der Waals surface area contributed by atoms with E-state index in [4.69, 9.17) is 45.3 Å². The highest BCUT2D eigenvalue weighted by molar-refractivity contribution is 9.09. The number of halogens is 4. The lowest BCUT2D eigenvalue weighted by molar-refractivity contribution is -0.162. The molecular formula is C10H12BrCl3N2O3S. The first-order chi connectivity index (χ1) is 9.10. The van der Waals surface area contributed by atoms with E-state index in [1.54, 1.807) is 0 Å². The monoisotopic (exact) mass is 424 g/mol. The van der Waals surface area contributed by atoms with Crippen LogP contribution in [0.1, 0.15) is 6.92 Å². The Bertz CT molecular complexity index is 450. The number of carbonyl (C=O) groups excluding carboxylic acids is 2. The van der Waals surface area contributed by atoms with Crippen molar-refractivity contribution in [2.75, 3.05) is 11.9 Å². The van der Waals surface area contributed by atoms with Gasteiger partial charge in [0.2, 0.25) is 9.70 Å². The summed E-state index contributed by atoms with van der Waals surface area (Å²) >= 11 is 21.5. The molecule has 2 aliphatic rings. The third-order valence-corrected chi connectivity index (χ3v) is 6.77. The lowest BCUT2D eigenvalue weighted by Crippen LogP contribution is -2.69. The largest absolute Gasteiger partial charge is 0.460 e. The summed E-state index contributed by atoms with van der Waals surface area (Å²) in [7, 11) is 0. The van der Waals surface area contributed by atoms with Crippen LogP contribution in [0, 0.1) is 0 Å². The molecule has 2 saturated heterocycles. The van der Waals surface area contributed by atoms with Gasteiger partial charge in [0.1, 0.15) is 24.1 Å². The van der Waals surface area contributed by atoms with Crippen LogP contribution in [0.25, 0.3) is 0 Å². The Morgan fingerprint density at radius 3 is 2.70 bits per heavy atom. The first-order valence-corrected chi connectivity index (χ1v) is 8.79. The van der Waals surface area contributed by atoms with Crippen LogP contribution >= 0.6 is 62.5 Å². The Hall–Kier alpha value is 0.600. The number of amides is 1. The van der Waals surface area contributed by atoms with Gasteiger partial charge in [0.25, 0.3) is 0 Å². The highest BCUT2D eigenvalue weighted by Gasteiger charge is 2.64. The van der Waals surface area contributed by atoms with Crippen molar-refractivity contribution in [2.45, 2.75) is 32.9 Å². The summed E-state index contributed by atoms with van der Waals surface area (Å²) < 4.78 is 2.81. The van der Waals surface area contributed by atoms with Gasteiger partial charge < -0.3 is 15.4 Å². The fourth-order valence-corrected chi connectivity index (χ4v) is 4.67. The fraction of sp³-hybridized carbons (Fsp3) is 0.800. The number of nitrogens with zero attached hydrogens (tertiary/aromatic N) is 1. The van der Waals surface area contributed by atoms with E-state index >= 15 is 0 Å². The maximum Gasteiger partial charge on any atom is 0.330 e.